The molecule has 1 unspecified atom stereocenters. The fraction of sp³-hybridized carbons (Fsp3) is 0.208. The molecule has 3 heterocycles. The molecule has 9 heteroatoms. The first kappa shape index (κ1) is 21.3. The monoisotopic (exact) mass is 460 g/mol. The predicted octanol–water partition coefficient (Wildman–Crippen LogP) is 4.78. The number of nitrogens with zero attached hydrogens (tertiary/aromatic N) is 5. The molecule has 4 aromatic rings. The Hall–Kier alpha value is -3.59. The highest BCUT2D eigenvalue weighted by atomic mass is 32.2. The minimum Gasteiger partial charge on any atom is -0.348 e. The smallest absolute Gasteiger partial charge is 0.196 e. The summed E-state index contributed by atoms with van der Waals surface area (Å²) in [7, 11) is 0. The Morgan fingerprint density at radius 1 is 1.18 bits per heavy atom. The molecule has 0 fully saturated rings. The van der Waals surface area contributed by atoms with Gasteiger partial charge in [0, 0.05) is 47.4 Å². The minimum atomic E-state index is -0.287. The fourth-order valence-electron chi connectivity index (χ4n) is 3.93. The van der Waals surface area contributed by atoms with E-state index >= 15 is 0 Å². The van der Waals surface area contributed by atoms with Crippen LogP contribution in [0.25, 0.3) is 0 Å². The Bertz CT molecular complexity index is 1300. The number of carbonyl (C=O) groups is 1. The number of fused-ring (bicyclic) bond motifs is 1. The fourth-order valence-corrected chi connectivity index (χ4v) is 4.87. The number of nitrogens with one attached hydrogen (secondary N) is 1. The van der Waals surface area contributed by atoms with Crippen LogP contribution in [0.2, 0.25) is 0 Å². The minimum absolute atomic E-state index is 0.0207. The van der Waals surface area contributed by atoms with Crippen LogP contribution in [0, 0.1) is 5.82 Å². The number of rotatable bonds is 9. The molecule has 1 aliphatic heterocycles. The van der Waals surface area contributed by atoms with E-state index in [-0.39, 0.29) is 11.7 Å². The van der Waals surface area contributed by atoms with Crippen molar-refractivity contribution in [2.75, 3.05) is 0 Å². The summed E-state index contributed by atoms with van der Waals surface area (Å²) >= 11 is 1.49. The number of halogens is 1. The van der Waals surface area contributed by atoms with Gasteiger partial charge in [0.1, 0.15) is 17.9 Å². The number of carbonyl (C=O) groups excluding carboxylic acids is 1. The predicted molar refractivity (Wildman–Crippen MR) is 124 cm³/mol. The summed E-state index contributed by atoms with van der Waals surface area (Å²) in [6, 6.07) is 12.2. The first-order chi connectivity index (χ1) is 16.2. The zero-order chi connectivity index (χ0) is 22.6. The summed E-state index contributed by atoms with van der Waals surface area (Å²) in [6.07, 6.45) is 8.57. The van der Waals surface area contributed by atoms with Gasteiger partial charge < -0.3 is 9.55 Å². The zero-order valence-electron chi connectivity index (χ0n) is 17.7. The lowest BCUT2D eigenvalue weighted by Gasteiger charge is -2.13. The maximum absolute atomic E-state index is 13.6. The molecular weight excluding hydrogens is 439 g/mol. The molecule has 5 rings (SSSR count). The maximum atomic E-state index is 13.6. The van der Waals surface area contributed by atoms with E-state index in [0.717, 1.165) is 52.8 Å². The van der Waals surface area contributed by atoms with Gasteiger partial charge in [-0.3, -0.25) is 9.79 Å². The van der Waals surface area contributed by atoms with Gasteiger partial charge in [0.05, 0.1) is 12.0 Å². The third-order valence-electron chi connectivity index (χ3n) is 5.57. The van der Waals surface area contributed by atoms with Crippen LogP contribution in [0.5, 0.6) is 0 Å². The van der Waals surface area contributed by atoms with Crippen molar-refractivity contribution >= 4 is 30.0 Å². The largest absolute Gasteiger partial charge is 0.348 e. The van der Waals surface area contributed by atoms with Crippen LogP contribution in [0.3, 0.4) is 0 Å². The number of aryl methyl sites for hydroxylation is 1. The van der Waals surface area contributed by atoms with Crippen LogP contribution in [0.4, 0.5) is 10.1 Å². The van der Waals surface area contributed by atoms with Gasteiger partial charge in [0.25, 0.3) is 0 Å². The Balaban J connectivity index is 1.39. The molecule has 0 radical (unpaired) electrons. The standard InChI is InChI=1S/C24H21FN6OS/c25-18-6-7-21-17(12-27-22(21)11-18)10-23-29-30-24(33-20-5-1-3-16(9-20)14-32)31(23)8-2-4-19-13-26-15-28-19/h1,3,5-7,9,11-15,17H,2,4,8,10H2,(H,26,28). The van der Waals surface area contributed by atoms with E-state index in [2.05, 4.69) is 29.7 Å². The molecule has 2 aromatic carbocycles. The summed E-state index contributed by atoms with van der Waals surface area (Å²) in [4.78, 5) is 23.7. The number of H-pyrrole nitrogens is 1. The van der Waals surface area contributed by atoms with E-state index in [9.17, 15) is 9.18 Å². The van der Waals surface area contributed by atoms with Crippen molar-refractivity contribution in [3.05, 3.63) is 83.5 Å². The number of imidazole rings is 1. The lowest BCUT2D eigenvalue weighted by Crippen LogP contribution is -2.11. The number of aldehydes is 1. The van der Waals surface area contributed by atoms with Crippen molar-refractivity contribution in [2.45, 2.75) is 41.8 Å². The first-order valence-corrected chi connectivity index (χ1v) is 11.5. The van der Waals surface area contributed by atoms with Crippen LogP contribution < -0.4 is 0 Å². The first-order valence-electron chi connectivity index (χ1n) is 10.7. The zero-order valence-corrected chi connectivity index (χ0v) is 18.5. The Kier molecular flexibility index (Phi) is 6.12. The van der Waals surface area contributed by atoms with E-state index in [1.165, 1.54) is 23.9 Å². The molecule has 0 spiro atoms. The molecule has 166 valence electrons. The van der Waals surface area contributed by atoms with Gasteiger partial charge in [0.15, 0.2) is 5.16 Å². The van der Waals surface area contributed by atoms with Gasteiger partial charge in [-0.15, -0.1) is 10.2 Å². The second-order valence-electron chi connectivity index (χ2n) is 7.82. The molecule has 1 aliphatic rings. The number of hydrogen-bond acceptors (Lipinski definition) is 6. The highest BCUT2D eigenvalue weighted by Gasteiger charge is 2.23. The molecule has 1 atom stereocenters. The van der Waals surface area contributed by atoms with Gasteiger partial charge in [-0.25, -0.2) is 9.37 Å². The highest BCUT2D eigenvalue weighted by Crippen LogP contribution is 2.35. The molecule has 0 amide bonds. The summed E-state index contributed by atoms with van der Waals surface area (Å²) in [6.45, 7) is 0.733. The van der Waals surface area contributed by atoms with E-state index in [0.29, 0.717) is 17.7 Å². The maximum Gasteiger partial charge on any atom is 0.196 e. The summed E-state index contributed by atoms with van der Waals surface area (Å²) in [5.41, 5.74) is 3.37. The Morgan fingerprint density at radius 3 is 2.97 bits per heavy atom. The van der Waals surface area contributed by atoms with Gasteiger partial charge in [-0.2, -0.15) is 0 Å². The molecule has 0 saturated heterocycles. The second-order valence-corrected chi connectivity index (χ2v) is 8.86. The number of hydrogen-bond donors (Lipinski definition) is 1. The Morgan fingerprint density at radius 2 is 2.12 bits per heavy atom. The second kappa shape index (κ2) is 9.50. The van der Waals surface area contributed by atoms with Gasteiger partial charge in [-0.1, -0.05) is 18.2 Å². The SMILES string of the molecule is O=Cc1cccc(Sc2nnc(CC3C=Nc4cc(F)ccc43)n2CCCc2cnc[nH]2)c1. The van der Waals surface area contributed by atoms with Gasteiger partial charge in [-0.05, 0) is 54.4 Å². The van der Waals surface area contributed by atoms with Gasteiger partial charge in [0.2, 0.25) is 0 Å². The van der Waals surface area contributed by atoms with Crippen molar-refractivity contribution in [3.8, 4) is 0 Å². The van der Waals surface area contributed by atoms with E-state index < -0.39 is 0 Å². The summed E-state index contributed by atoms with van der Waals surface area (Å²) < 4.78 is 15.7. The van der Waals surface area contributed by atoms with Crippen LogP contribution in [0.1, 0.15) is 39.8 Å². The average molecular weight is 461 g/mol. The molecule has 1 N–H and O–H groups in total. The molecular formula is C24H21FN6OS. The van der Waals surface area contributed by atoms with E-state index in [4.69, 9.17) is 0 Å². The summed E-state index contributed by atoms with van der Waals surface area (Å²) in [5, 5.41) is 9.72. The van der Waals surface area contributed by atoms with Crippen LogP contribution in [-0.2, 0) is 19.4 Å². The highest BCUT2D eigenvalue weighted by molar-refractivity contribution is 7.99. The lowest BCUT2D eigenvalue weighted by molar-refractivity contribution is 0.112. The summed E-state index contributed by atoms with van der Waals surface area (Å²) in [5.74, 6) is 0.583. The van der Waals surface area contributed by atoms with E-state index in [1.807, 2.05) is 30.6 Å². The Labute approximate surface area is 194 Å². The number of aliphatic imine (C=N–C) groups is 1. The lowest BCUT2D eigenvalue weighted by atomic mass is 9.97. The third kappa shape index (κ3) is 4.78. The molecule has 0 saturated carbocycles. The topological polar surface area (TPSA) is 88.8 Å². The van der Waals surface area contributed by atoms with Crippen molar-refractivity contribution in [1.29, 1.82) is 0 Å². The van der Waals surface area contributed by atoms with Crippen molar-refractivity contribution in [3.63, 3.8) is 0 Å². The van der Waals surface area contributed by atoms with Crippen LogP contribution in [0.15, 0.2) is 70.0 Å². The quantitative estimate of drug-likeness (QED) is 0.363. The normalized spacial score (nSPS) is 14.5. The van der Waals surface area contributed by atoms with Crippen LogP contribution in [-0.4, -0.2) is 37.2 Å². The van der Waals surface area contributed by atoms with Gasteiger partial charge >= 0.3 is 0 Å². The van der Waals surface area contributed by atoms with Crippen LogP contribution >= 0.6 is 11.8 Å². The third-order valence-corrected chi connectivity index (χ3v) is 6.54. The molecule has 0 aliphatic carbocycles. The molecule has 7 nitrogen and oxygen atoms in total. The van der Waals surface area contributed by atoms with Crippen molar-refractivity contribution in [1.82, 2.24) is 24.7 Å². The number of aromatic nitrogens is 5. The van der Waals surface area contributed by atoms with Crippen molar-refractivity contribution < 1.29 is 9.18 Å². The number of benzene rings is 2. The average Bonchev–Trinajstić information content (AvgIpc) is 3.56. The molecule has 33 heavy (non-hydrogen) atoms. The molecule has 2 aromatic heterocycles. The number of aromatic amines is 1. The molecule has 0 bridgehead atoms. The van der Waals surface area contributed by atoms with E-state index in [1.54, 1.807) is 18.5 Å². The van der Waals surface area contributed by atoms with Crippen molar-refractivity contribution in [2.24, 2.45) is 4.99 Å².